The number of rotatable bonds is 4. The van der Waals surface area contributed by atoms with Crippen LogP contribution >= 0.6 is 11.3 Å². The maximum absolute atomic E-state index is 13.8. The van der Waals surface area contributed by atoms with Gasteiger partial charge in [-0.15, -0.1) is 11.3 Å². The number of methoxy groups -OCH3 is 1. The van der Waals surface area contributed by atoms with Crippen LogP contribution in [0.25, 0.3) is 0 Å². The highest BCUT2D eigenvalue weighted by atomic mass is 32.1. The largest absolute Gasteiger partial charge is 0.465 e. The minimum Gasteiger partial charge on any atom is -0.465 e. The number of ether oxygens (including phenoxy) is 1. The number of carbonyl (C=O) groups is 5. The molecule has 1 fully saturated rings. The van der Waals surface area contributed by atoms with Crippen molar-refractivity contribution in [2.45, 2.75) is 6.04 Å². The standard InChI is InChI=1S/C26H17N3O6S/c1-35-26(34)23-15(9-11-36-23)29-24(32)16-17(25(29)33)20(28-19(16)14-8-4-5-10-27-14)18-21(30)12-6-2-3-7-13(12)22(18)31/h2-11,16-19H,1H3. The van der Waals surface area contributed by atoms with E-state index in [0.29, 0.717) is 5.69 Å². The van der Waals surface area contributed by atoms with Gasteiger partial charge in [0.1, 0.15) is 16.8 Å². The molecule has 2 aliphatic heterocycles. The third-order valence-corrected chi connectivity index (χ3v) is 7.71. The van der Waals surface area contributed by atoms with Crippen LogP contribution in [-0.4, -0.2) is 47.2 Å². The molecule has 0 bridgehead atoms. The molecule has 3 atom stereocenters. The number of amides is 2. The third kappa shape index (κ3) is 2.97. The van der Waals surface area contributed by atoms with Crippen LogP contribution in [0.15, 0.2) is 65.1 Å². The molecule has 2 aromatic heterocycles. The molecule has 0 N–H and O–H groups in total. The lowest BCUT2D eigenvalue weighted by Gasteiger charge is -2.18. The average molecular weight is 500 g/mol. The number of anilines is 1. The van der Waals surface area contributed by atoms with E-state index >= 15 is 0 Å². The molecular weight excluding hydrogens is 482 g/mol. The summed E-state index contributed by atoms with van der Waals surface area (Å²) in [5.74, 6) is -6.20. The van der Waals surface area contributed by atoms with Crippen LogP contribution in [0.3, 0.4) is 0 Å². The van der Waals surface area contributed by atoms with E-state index in [0.717, 1.165) is 16.2 Å². The lowest BCUT2D eigenvalue weighted by atomic mass is 9.82. The molecule has 6 rings (SSSR count). The van der Waals surface area contributed by atoms with Crippen LogP contribution in [-0.2, 0) is 14.3 Å². The van der Waals surface area contributed by atoms with Gasteiger partial charge in [0, 0.05) is 23.0 Å². The number of fused-ring (bicyclic) bond motifs is 2. The van der Waals surface area contributed by atoms with Crippen molar-refractivity contribution in [1.82, 2.24) is 4.98 Å². The van der Waals surface area contributed by atoms with Crippen LogP contribution in [0.1, 0.15) is 42.1 Å². The molecule has 0 spiro atoms. The Balaban J connectivity index is 1.48. The van der Waals surface area contributed by atoms with Crippen molar-refractivity contribution in [3.05, 3.63) is 81.8 Å². The highest BCUT2D eigenvalue weighted by Gasteiger charge is 2.61. The van der Waals surface area contributed by atoms with Gasteiger partial charge in [0.2, 0.25) is 11.8 Å². The van der Waals surface area contributed by atoms with Gasteiger partial charge in [0.05, 0.1) is 30.3 Å². The average Bonchev–Trinajstić information content (AvgIpc) is 3.64. The number of ketones is 2. The Kier molecular flexibility index (Phi) is 5.01. The molecule has 36 heavy (non-hydrogen) atoms. The smallest absolute Gasteiger partial charge is 0.350 e. The van der Waals surface area contributed by atoms with Gasteiger partial charge < -0.3 is 4.74 Å². The Hall–Kier alpha value is -4.31. The van der Waals surface area contributed by atoms with Gasteiger partial charge in [0.15, 0.2) is 11.6 Å². The fraction of sp³-hybridized carbons (Fsp3) is 0.192. The van der Waals surface area contributed by atoms with Crippen LogP contribution < -0.4 is 4.90 Å². The predicted molar refractivity (Wildman–Crippen MR) is 128 cm³/mol. The number of hydrogen-bond donors (Lipinski definition) is 0. The Morgan fingerprint density at radius 2 is 1.64 bits per heavy atom. The van der Waals surface area contributed by atoms with Crippen LogP contribution in [0.4, 0.5) is 5.69 Å². The third-order valence-electron chi connectivity index (χ3n) is 6.82. The molecule has 1 aromatic carbocycles. The van der Waals surface area contributed by atoms with E-state index in [1.165, 1.54) is 13.2 Å². The first kappa shape index (κ1) is 22.2. The molecule has 0 saturated carbocycles. The number of nitrogens with zero attached hydrogens (tertiary/aromatic N) is 3. The summed E-state index contributed by atoms with van der Waals surface area (Å²) in [4.78, 5) is 76.6. The van der Waals surface area contributed by atoms with Crippen LogP contribution in [0.5, 0.6) is 0 Å². The van der Waals surface area contributed by atoms with E-state index in [1.807, 2.05) is 0 Å². The van der Waals surface area contributed by atoms with Gasteiger partial charge in [-0.05, 0) is 23.6 Å². The first-order chi connectivity index (χ1) is 17.4. The van der Waals surface area contributed by atoms with E-state index in [4.69, 9.17) is 4.74 Å². The summed E-state index contributed by atoms with van der Waals surface area (Å²) in [6.45, 7) is 0. The van der Waals surface area contributed by atoms with Crippen molar-refractivity contribution in [3.8, 4) is 0 Å². The van der Waals surface area contributed by atoms with Crippen molar-refractivity contribution in [2.75, 3.05) is 12.0 Å². The maximum atomic E-state index is 13.8. The van der Waals surface area contributed by atoms with Crippen LogP contribution in [0, 0.1) is 17.8 Å². The number of pyridine rings is 1. The zero-order valence-corrected chi connectivity index (χ0v) is 19.6. The summed E-state index contributed by atoms with van der Waals surface area (Å²) in [5.41, 5.74) is 1.17. The van der Waals surface area contributed by atoms with Crippen molar-refractivity contribution in [1.29, 1.82) is 0 Å². The number of hydrogen-bond acceptors (Lipinski definition) is 9. The molecule has 1 saturated heterocycles. The Morgan fingerprint density at radius 3 is 2.28 bits per heavy atom. The Bertz CT molecular complexity index is 1480. The zero-order valence-electron chi connectivity index (χ0n) is 18.8. The number of carbonyl (C=O) groups excluding carboxylic acids is 5. The predicted octanol–water partition coefficient (Wildman–Crippen LogP) is 2.93. The molecule has 3 unspecified atom stereocenters. The minimum absolute atomic E-state index is 0.0672. The fourth-order valence-electron chi connectivity index (χ4n) is 5.27. The summed E-state index contributed by atoms with van der Waals surface area (Å²) < 4.78 is 4.82. The van der Waals surface area contributed by atoms with E-state index < -0.39 is 53.1 Å². The number of aliphatic imine (C=N–C) groups is 1. The second-order valence-electron chi connectivity index (χ2n) is 8.60. The number of benzene rings is 1. The normalized spacial score (nSPS) is 23.2. The zero-order chi connectivity index (χ0) is 25.1. The SMILES string of the molecule is COC(=O)c1sccc1N1C(=O)C2C(C3C(=O)c4ccccc4C3=O)=NC(c3ccccn3)C2C1=O. The molecule has 1 aliphatic carbocycles. The van der Waals surface area contributed by atoms with Crippen LogP contribution in [0.2, 0.25) is 0 Å². The quantitative estimate of drug-likeness (QED) is 0.307. The monoisotopic (exact) mass is 499 g/mol. The summed E-state index contributed by atoms with van der Waals surface area (Å²) in [6.07, 6.45) is 1.55. The lowest BCUT2D eigenvalue weighted by Crippen LogP contribution is -2.37. The van der Waals surface area contributed by atoms with E-state index in [2.05, 4.69) is 9.98 Å². The molecule has 3 aromatic rings. The van der Waals surface area contributed by atoms with Crippen molar-refractivity contribution >= 4 is 52.1 Å². The second kappa shape index (κ2) is 8.13. The summed E-state index contributed by atoms with van der Waals surface area (Å²) >= 11 is 1.05. The van der Waals surface area contributed by atoms with Gasteiger partial charge in [-0.25, -0.2) is 9.69 Å². The van der Waals surface area contributed by atoms with Crippen molar-refractivity contribution < 1.29 is 28.7 Å². The highest BCUT2D eigenvalue weighted by molar-refractivity contribution is 7.12. The summed E-state index contributed by atoms with van der Waals surface area (Å²) in [7, 11) is 1.21. The molecule has 2 amide bonds. The van der Waals surface area contributed by atoms with E-state index in [-0.39, 0.29) is 27.4 Å². The van der Waals surface area contributed by atoms with E-state index in [1.54, 1.807) is 54.0 Å². The number of Topliss-reactive ketones (excluding diaryl/α,β-unsaturated/α-hetero) is 2. The number of esters is 1. The van der Waals surface area contributed by atoms with Gasteiger partial charge in [-0.1, -0.05) is 30.3 Å². The fourth-order valence-corrected chi connectivity index (χ4v) is 6.06. The Labute approximate surface area is 208 Å². The molecule has 9 nitrogen and oxygen atoms in total. The number of imide groups is 1. The molecule has 3 aliphatic rings. The summed E-state index contributed by atoms with van der Waals surface area (Å²) in [5, 5.41) is 1.59. The van der Waals surface area contributed by atoms with Crippen molar-refractivity contribution in [3.63, 3.8) is 0 Å². The second-order valence-corrected chi connectivity index (χ2v) is 9.52. The van der Waals surface area contributed by atoms with Crippen molar-refractivity contribution in [2.24, 2.45) is 22.7 Å². The first-order valence-electron chi connectivity index (χ1n) is 11.1. The van der Waals surface area contributed by atoms with Gasteiger partial charge in [0.25, 0.3) is 0 Å². The molecular formula is C26H17N3O6S. The maximum Gasteiger partial charge on any atom is 0.350 e. The highest BCUT2D eigenvalue weighted by Crippen LogP contribution is 2.49. The molecule has 178 valence electrons. The topological polar surface area (TPSA) is 123 Å². The summed E-state index contributed by atoms with van der Waals surface area (Å²) in [6, 6.07) is 12.2. The first-order valence-corrected chi connectivity index (χ1v) is 12.0. The number of aromatic nitrogens is 1. The molecule has 10 heteroatoms. The molecule has 0 radical (unpaired) electrons. The number of thiophene rings is 1. The van der Waals surface area contributed by atoms with Gasteiger partial charge in [-0.2, -0.15) is 0 Å². The minimum atomic E-state index is -1.29. The Morgan fingerprint density at radius 1 is 0.944 bits per heavy atom. The molecule has 4 heterocycles. The lowest BCUT2D eigenvalue weighted by molar-refractivity contribution is -0.122. The van der Waals surface area contributed by atoms with E-state index in [9.17, 15) is 24.0 Å². The van der Waals surface area contributed by atoms with Gasteiger partial charge >= 0.3 is 5.97 Å². The van der Waals surface area contributed by atoms with Gasteiger partial charge in [-0.3, -0.25) is 29.2 Å².